The van der Waals surface area contributed by atoms with E-state index in [0.717, 1.165) is 22.2 Å². The van der Waals surface area contributed by atoms with Gasteiger partial charge in [0, 0.05) is 18.5 Å². The number of thiophene rings is 1. The number of fused-ring (bicyclic) bond motifs is 1. The van der Waals surface area contributed by atoms with Crippen LogP contribution in [0.25, 0.3) is 11.0 Å². The molecule has 0 spiro atoms. The van der Waals surface area contributed by atoms with Gasteiger partial charge in [0.2, 0.25) is 10.0 Å². The van der Waals surface area contributed by atoms with Crippen LogP contribution in [0.3, 0.4) is 0 Å². The van der Waals surface area contributed by atoms with Gasteiger partial charge in [0.05, 0.1) is 28.5 Å². The summed E-state index contributed by atoms with van der Waals surface area (Å²) in [5.74, 6) is 0.205. The highest BCUT2D eigenvalue weighted by molar-refractivity contribution is 8.00. The zero-order valence-electron chi connectivity index (χ0n) is 13.5. The predicted octanol–water partition coefficient (Wildman–Crippen LogP) is 1.45. The molecule has 11 heteroatoms. The van der Waals surface area contributed by atoms with E-state index in [0.29, 0.717) is 9.90 Å². The first-order valence-electron chi connectivity index (χ1n) is 7.15. The summed E-state index contributed by atoms with van der Waals surface area (Å²) in [7, 11) is -1.45. The van der Waals surface area contributed by atoms with E-state index in [-0.39, 0.29) is 18.1 Å². The number of thioether (sulfide) groups is 1. The van der Waals surface area contributed by atoms with Crippen molar-refractivity contribution in [3.63, 3.8) is 0 Å². The molecule has 0 fully saturated rings. The molecule has 3 aromatic rings. The van der Waals surface area contributed by atoms with Crippen LogP contribution in [0.2, 0.25) is 0 Å². The Morgan fingerprint density at radius 1 is 1.36 bits per heavy atom. The van der Waals surface area contributed by atoms with Crippen molar-refractivity contribution in [2.45, 2.75) is 11.6 Å². The Labute approximate surface area is 152 Å². The second-order valence-electron chi connectivity index (χ2n) is 5.26. The number of aromatic nitrogens is 4. The molecule has 132 valence electrons. The molecule has 0 unspecified atom stereocenters. The monoisotopic (exact) mass is 397 g/mol. The number of hydrogen-bond acceptors (Lipinski definition) is 8. The van der Waals surface area contributed by atoms with Crippen LogP contribution in [0.4, 0.5) is 0 Å². The maximum atomic E-state index is 12.4. The Morgan fingerprint density at radius 3 is 2.92 bits per heavy atom. The van der Waals surface area contributed by atoms with Crippen molar-refractivity contribution in [3.05, 3.63) is 34.4 Å². The summed E-state index contributed by atoms with van der Waals surface area (Å²) >= 11 is 2.62. The van der Waals surface area contributed by atoms with E-state index in [4.69, 9.17) is 0 Å². The van der Waals surface area contributed by atoms with Gasteiger partial charge in [0.1, 0.15) is 11.4 Å². The highest BCUT2D eigenvalue weighted by Crippen LogP contribution is 2.26. The first-order valence-corrected chi connectivity index (χ1v) is 10.8. The van der Waals surface area contributed by atoms with Crippen molar-refractivity contribution in [2.24, 2.45) is 7.05 Å². The van der Waals surface area contributed by atoms with Gasteiger partial charge in [0.15, 0.2) is 11.4 Å². The maximum absolute atomic E-state index is 12.4. The molecule has 0 saturated carbocycles. The van der Waals surface area contributed by atoms with Gasteiger partial charge >= 0.3 is 0 Å². The highest BCUT2D eigenvalue weighted by atomic mass is 32.2. The molecule has 0 radical (unpaired) electrons. The Kier molecular flexibility index (Phi) is 5.18. The molecule has 8 nitrogen and oxygen atoms in total. The van der Waals surface area contributed by atoms with E-state index in [2.05, 4.69) is 19.8 Å². The number of sulfonamides is 1. The van der Waals surface area contributed by atoms with Gasteiger partial charge in [-0.3, -0.25) is 9.48 Å². The molecule has 0 bridgehead atoms. The van der Waals surface area contributed by atoms with Gasteiger partial charge in [-0.2, -0.15) is 5.10 Å². The first-order chi connectivity index (χ1) is 11.8. The lowest BCUT2D eigenvalue weighted by molar-refractivity contribution is 0.102. The predicted molar refractivity (Wildman–Crippen MR) is 97.4 cm³/mol. The topological polar surface area (TPSA) is 107 Å². The van der Waals surface area contributed by atoms with E-state index in [1.807, 2.05) is 0 Å². The Bertz CT molecular complexity index is 1030. The molecule has 0 amide bonds. The van der Waals surface area contributed by atoms with Crippen LogP contribution in [0.15, 0.2) is 29.7 Å². The number of nitrogens with one attached hydrogen (secondary N) is 1. The van der Waals surface area contributed by atoms with Crippen LogP contribution in [-0.2, 0) is 23.6 Å². The van der Waals surface area contributed by atoms with Gasteiger partial charge in [-0.15, -0.1) is 11.3 Å². The standard InChI is InChI=1S/C14H15N5O3S3/c1-19-13-10(6-17-19)14(16-8-15-13)23-7-11(20)12-4-3-9(24-12)5-18-25(2,21)22/h3-4,6,8,18H,5,7H2,1-2H3. The van der Waals surface area contributed by atoms with Gasteiger partial charge in [-0.25, -0.2) is 23.1 Å². The minimum absolute atomic E-state index is 0.0312. The van der Waals surface area contributed by atoms with E-state index < -0.39 is 10.0 Å². The normalized spacial score (nSPS) is 11.9. The summed E-state index contributed by atoms with van der Waals surface area (Å²) in [4.78, 5) is 22.1. The first kappa shape index (κ1) is 18.0. The molecule has 0 aliphatic rings. The summed E-state index contributed by atoms with van der Waals surface area (Å²) in [5, 5.41) is 5.67. The van der Waals surface area contributed by atoms with Crippen LogP contribution < -0.4 is 4.72 Å². The third-order valence-electron chi connectivity index (χ3n) is 3.28. The number of carbonyl (C=O) groups is 1. The fraction of sp³-hybridized carbons (Fsp3) is 0.286. The van der Waals surface area contributed by atoms with Crippen molar-refractivity contribution >= 4 is 49.9 Å². The molecular formula is C14H15N5O3S3. The third kappa shape index (κ3) is 4.42. The Morgan fingerprint density at radius 2 is 2.16 bits per heavy atom. The number of aryl methyl sites for hydroxylation is 1. The summed E-state index contributed by atoms with van der Waals surface area (Å²) in [5.41, 5.74) is 0.718. The molecule has 0 aliphatic heterocycles. The maximum Gasteiger partial charge on any atom is 0.209 e. The molecule has 3 aromatic heterocycles. The average Bonchev–Trinajstić information content (AvgIpc) is 3.18. The molecule has 3 heterocycles. The van der Waals surface area contributed by atoms with Crippen molar-refractivity contribution in [1.82, 2.24) is 24.5 Å². The molecular weight excluding hydrogens is 382 g/mol. The van der Waals surface area contributed by atoms with E-state index in [9.17, 15) is 13.2 Å². The summed E-state index contributed by atoms with van der Waals surface area (Å²) < 4.78 is 26.3. The van der Waals surface area contributed by atoms with Crippen molar-refractivity contribution in [2.75, 3.05) is 12.0 Å². The molecule has 0 aromatic carbocycles. The minimum Gasteiger partial charge on any atom is -0.292 e. The number of ketones is 1. The Hall–Kier alpha value is -1.82. The van der Waals surface area contributed by atoms with Crippen LogP contribution in [-0.4, -0.2) is 46.0 Å². The van der Waals surface area contributed by atoms with Crippen LogP contribution in [0.1, 0.15) is 14.5 Å². The molecule has 0 aliphatic carbocycles. The van der Waals surface area contributed by atoms with Gasteiger partial charge < -0.3 is 0 Å². The molecule has 25 heavy (non-hydrogen) atoms. The molecule has 1 N–H and O–H groups in total. The number of carbonyl (C=O) groups excluding carboxylic acids is 1. The number of nitrogens with zero attached hydrogens (tertiary/aromatic N) is 4. The van der Waals surface area contributed by atoms with E-state index in [1.165, 1.54) is 29.4 Å². The minimum atomic E-state index is -3.25. The van der Waals surface area contributed by atoms with Crippen LogP contribution in [0.5, 0.6) is 0 Å². The van der Waals surface area contributed by atoms with Crippen molar-refractivity contribution in [1.29, 1.82) is 0 Å². The van der Waals surface area contributed by atoms with Crippen molar-refractivity contribution in [3.8, 4) is 0 Å². The highest BCUT2D eigenvalue weighted by Gasteiger charge is 2.14. The second kappa shape index (κ2) is 7.20. The lowest BCUT2D eigenvalue weighted by Crippen LogP contribution is -2.20. The van der Waals surface area contributed by atoms with Crippen LogP contribution >= 0.6 is 23.1 Å². The van der Waals surface area contributed by atoms with E-state index in [1.54, 1.807) is 30.1 Å². The van der Waals surface area contributed by atoms with Crippen molar-refractivity contribution < 1.29 is 13.2 Å². The smallest absolute Gasteiger partial charge is 0.209 e. The molecule has 0 atom stereocenters. The SMILES string of the molecule is Cn1ncc2c(SCC(=O)c3ccc(CNS(C)(=O)=O)s3)ncnc21. The zero-order valence-corrected chi connectivity index (χ0v) is 15.9. The fourth-order valence-corrected chi connectivity index (χ4v) is 4.42. The molecule has 3 rings (SSSR count). The number of hydrogen-bond donors (Lipinski definition) is 1. The van der Waals surface area contributed by atoms with Gasteiger partial charge in [0.25, 0.3) is 0 Å². The Balaban J connectivity index is 1.65. The second-order valence-corrected chi connectivity index (χ2v) is 9.22. The third-order valence-corrected chi connectivity index (χ3v) is 6.08. The summed E-state index contributed by atoms with van der Waals surface area (Å²) in [6, 6.07) is 3.47. The number of Topliss-reactive ketones (excluding diaryl/α,β-unsaturated/α-hetero) is 1. The lowest BCUT2D eigenvalue weighted by atomic mass is 10.3. The average molecular weight is 398 g/mol. The van der Waals surface area contributed by atoms with Crippen LogP contribution in [0, 0.1) is 0 Å². The van der Waals surface area contributed by atoms with E-state index >= 15 is 0 Å². The van der Waals surface area contributed by atoms with Gasteiger partial charge in [-0.05, 0) is 12.1 Å². The fourth-order valence-electron chi connectivity index (χ4n) is 2.09. The summed E-state index contributed by atoms with van der Waals surface area (Å²) in [6.07, 6.45) is 4.24. The zero-order chi connectivity index (χ0) is 18.0. The van der Waals surface area contributed by atoms with Gasteiger partial charge in [-0.1, -0.05) is 11.8 Å². The quantitative estimate of drug-likeness (QED) is 0.365. The largest absolute Gasteiger partial charge is 0.292 e. The lowest BCUT2D eigenvalue weighted by Gasteiger charge is -2.01. The molecule has 0 saturated heterocycles. The summed E-state index contributed by atoms with van der Waals surface area (Å²) in [6.45, 7) is 0.187. The number of rotatable bonds is 7.